The molecule has 10 N–H and O–H groups in total. The van der Waals surface area contributed by atoms with Crippen molar-refractivity contribution < 1.29 is 46.4 Å². The average molecular weight is 857 g/mol. The van der Waals surface area contributed by atoms with Gasteiger partial charge in [0, 0.05) is 69.3 Å². The molecule has 0 fully saturated rings. The van der Waals surface area contributed by atoms with Crippen LogP contribution in [0.1, 0.15) is 62.8 Å². The van der Waals surface area contributed by atoms with Gasteiger partial charge in [-0.1, -0.05) is 25.7 Å². The molecule has 0 aliphatic heterocycles. The van der Waals surface area contributed by atoms with Crippen LogP contribution in [-0.2, 0) is 24.4 Å². The Labute approximate surface area is 340 Å². The van der Waals surface area contributed by atoms with Gasteiger partial charge in [0.2, 0.25) is 17.8 Å². The molecule has 0 saturated heterocycles. The van der Waals surface area contributed by atoms with E-state index in [0.717, 1.165) is 25.7 Å². The molecule has 330 valence electrons. The summed E-state index contributed by atoms with van der Waals surface area (Å²) in [5.74, 6) is -1.12. The lowest BCUT2D eigenvalue weighted by molar-refractivity contribution is -0.122. The van der Waals surface area contributed by atoms with E-state index in [2.05, 4.69) is 57.2 Å². The summed E-state index contributed by atoms with van der Waals surface area (Å²) in [5.41, 5.74) is 0.197. The number of nitrogens with one attached hydrogen (secondary N) is 9. The SMILES string of the molecule is Cc1cc(=O)nc(NC(=O)NCCCCCCNC(=O)OCCN(CCOC(=O)NCCCCCCNC(=O)Nc2nc(=O)cc(C)[nH]2)CC(=O)NCCS(=O)(=O)O)[nH]1. The molecule has 0 spiro atoms. The van der Waals surface area contributed by atoms with Crippen molar-refractivity contribution in [3.8, 4) is 0 Å². The summed E-state index contributed by atoms with van der Waals surface area (Å²) in [7, 11) is -4.27. The fourth-order valence-corrected chi connectivity index (χ4v) is 5.42. The second kappa shape index (κ2) is 27.8. The van der Waals surface area contributed by atoms with Crippen LogP contribution >= 0.6 is 0 Å². The van der Waals surface area contributed by atoms with Crippen LogP contribution in [0.4, 0.5) is 31.1 Å². The minimum Gasteiger partial charge on any atom is -0.448 e. The maximum absolute atomic E-state index is 12.4. The Hall–Kier alpha value is -5.82. The number of hydrogen-bond acceptors (Lipinski definition) is 14. The Balaban J connectivity index is 1.58. The maximum Gasteiger partial charge on any atom is 0.407 e. The van der Waals surface area contributed by atoms with Crippen molar-refractivity contribution >= 4 is 52.2 Å². The molecule has 7 amide bonds. The van der Waals surface area contributed by atoms with E-state index in [0.29, 0.717) is 63.3 Å². The highest BCUT2D eigenvalue weighted by Crippen LogP contribution is 2.01. The first-order chi connectivity index (χ1) is 28.1. The van der Waals surface area contributed by atoms with E-state index < -0.39 is 57.1 Å². The Bertz CT molecular complexity index is 1770. The highest BCUT2D eigenvalue weighted by atomic mass is 32.2. The first kappa shape index (κ1) is 49.3. The molecule has 0 bridgehead atoms. The normalized spacial score (nSPS) is 11.0. The lowest BCUT2D eigenvalue weighted by Crippen LogP contribution is -2.42. The molecule has 59 heavy (non-hydrogen) atoms. The monoisotopic (exact) mass is 856 g/mol. The van der Waals surface area contributed by atoms with Gasteiger partial charge < -0.3 is 46.0 Å². The zero-order valence-corrected chi connectivity index (χ0v) is 34.1. The van der Waals surface area contributed by atoms with Crippen LogP contribution in [0, 0.1) is 13.8 Å². The molecule has 2 heterocycles. The third-order valence-corrected chi connectivity index (χ3v) is 8.59. The molecule has 0 aliphatic rings. The van der Waals surface area contributed by atoms with Gasteiger partial charge in [-0.05, 0) is 39.5 Å². The van der Waals surface area contributed by atoms with Crippen molar-refractivity contribution in [1.82, 2.24) is 51.4 Å². The molecular weight excluding hydrogens is 801 g/mol. The number of amides is 7. The number of alkyl carbamates (subject to hydrolysis) is 2. The third kappa shape index (κ3) is 25.9. The van der Waals surface area contributed by atoms with E-state index in [9.17, 15) is 42.0 Å². The number of hydrogen-bond donors (Lipinski definition) is 10. The number of aryl methyl sites for hydroxylation is 2. The quantitative estimate of drug-likeness (QED) is 0.0427. The molecule has 0 aliphatic carbocycles. The first-order valence-electron chi connectivity index (χ1n) is 19.1. The number of carbonyl (C=O) groups excluding carboxylic acids is 5. The number of H-pyrrole nitrogens is 2. The number of nitrogens with zero attached hydrogens (tertiary/aromatic N) is 3. The summed E-state index contributed by atoms with van der Waals surface area (Å²) in [4.78, 5) is 98.0. The minimum absolute atomic E-state index is 0.0543. The molecule has 2 aromatic heterocycles. The topological polar surface area (TPSA) is 337 Å². The van der Waals surface area contributed by atoms with Crippen molar-refractivity contribution in [3.05, 3.63) is 44.2 Å². The van der Waals surface area contributed by atoms with Crippen molar-refractivity contribution in [2.75, 3.05) is 82.0 Å². The Kier molecular flexibility index (Phi) is 23.2. The van der Waals surface area contributed by atoms with Gasteiger partial charge in [-0.2, -0.15) is 18.4 Å². The number of anilines is 2. The van der Waals surface area contributed by atoms with E-state index in [1.54, 1.807) is 18.7 Å². The summed E-state index contributed by atoms with van der Waals surface area (Å²) < 4.78 is 41.2. The number of rotatable bonds is 27. The summed E-state index contributed by atoms with van der Waals surface area (Å²) in [6, 6.07) is 1.62. The number of ether oxygens (including phenoxy) is 2. The van der Waals surface area contributed by atoms with Crippen LogP contribution in [0.3, 0.4) is 0 Å². The molecular formula is C34H56N12O12S. The number of unbranched alkanes of at least 4 members (excludes halogenated alkanes) is 6. The van der Waals surface area contributed by atoms with Gasteiger partial charge in [-0.3, -0.25) is 34.5 Å². The van der Waals surface area contributed by atoms with Gasteiger partial charge in [0.1, 0.15) is 13.2 Å². The predicted octanol–water partition coefficient (Wildman–Crippen LogP) is 0.292. The molecule has 0 aromatic carbocycles. The molecule has 25 heteroatoms. The van der Waals surface area contributed by atoms with Crippen LogP contribution < -0.4 is 48.3 Å². The van der Waals surface area contributed by atoms with Gasteiger partial charge in [0.05, 0.1) is 12.3 Å². The molecule has 0 radical (unpaired) electrons. The summed E-state index contributed by atoms with van der Waals surface area (Å²) in [5, 5.41) is 17.9. The first-order valence-corrected chi connectivity index (χ1v) is 20.7. The smallest absolute Gasteiger partial charge is 0.407 e. The second-order valence-corrected chi connectivity index (χ2v) is 14.7. The second-order valence-electron chi connectivity index (χ2n) is 13.1. The van der Waals surface area contributed by atoms with E-state index in [4.69, 9.17) is 14.0 Å². The number of aromatic amines is 2. The Morgan fingerprint density at radius 3 is 1.44 bits per heavy atom. The number of aromatic nitrogens is 4. The van der Waals surface area contributed by atoms with E-state index >= 15 is 0 Å². The largest absolute Gasteiger partial charge is 0.448 e. The molecule has 2 aromatic rings. The minimum atomic E-state index is -4.27. The van der Waals surface area contributed by atoms with Crippen LogP contribution in [0.2, 0.25) is 0 Å². The molecule has 0 unspecified atom stereocenters. The van der Waals surface area contributed by atoms with Gasteiger partial charge in [-0.25, -0.2) is 19.2 Å². The van der Waals surface area contributed by atoms with Crippen molar-refractivity contribution in [1.29, 1.82) is 0 Å². The van der Waals surface area contributed by atoms with Crippen molar-refractivity contribution in [3.63, 3.8) is 0 Å². The van der Waals surface area contributed by atoms with Crippen LogP contribution in [-0.4, -0.2) is 139 Å². The average Bonchev–Trinajstić information content (AvgIpc) is 3.12. The number of urea groups is 2. The molecule has 0 saturated carbocycles. The van der Waals surface area contributed by atoms with E-state index in [1.807, 2.05) is 0 Å². The van der Waals surface area contributed by atoms with Crippen LogP contribution in [0.15, 0.2) is 21.7 Å². The Morgan fingerprint density at radius 1 is 0.644 bits per heavy atom. The highest BCUT2D eigenvalue weighted by molar-refractivity contribution is 7.85. The van der Waals surface area contributed by atoms with E-state index in [1.165, 1.54) is 12.1 Å². The van der Waals surface area contributed by atoms with Crippen LogP contribution in [0.5, 0.6) is 0 Å². The number of carbonyl (C=O) groups is 5. The standard InChI is InChI=1S/C34H56N12O12S/c1-24-21-26(47)42-29(40-24)44-31(50)36-11-7-3-5-9-13-38-33(52)57-18-16-46(23-28(49)35-15-20-59(54,55)56)17-19-58-34(53)39-14-10-6-4-8-12-37-32(51)45-30-41-25(2)22-27(48)43-30/h21-22H,3-20,23H2,1-2H3,(H,35,49)(H,38,52)(H,39,53)(H,54,55,56)(H3,36,40,42,44,47,50)(H3,37,41,43,45,48,51). The van der Waals surface area contributed by atoms with Gasteiger partial charge in [0.25, 0.3) is 21.2 Å². The summed E-state index contributed by atoms with van der Waals surface area (Å²) in [6.45, 7) is 4.21. The van der Waals surface area contributed by atoms with Crippen LogP contribution in [0.25, 0.3) is 0 Å². The Morgan fingerprint density at radius 2 is 1.05 bits per heavy atom. The van der Waals surface area contributed by atoms with Gasteiger partial charge in [0.15, 0.2) is 0 Å². The lowest BCUT2D eigenvalue weighted by Gasteiger charge is -2.21. The highest BCUT2D eigenvalue weighted by Gasteiger charge is 2.14. The summed E-state index contributed by atoms with van der Waals surface area (Å²) >= 11 is 0. The lowest BCUT2D eigenvalue weighted by atomic mass is 10.2. The van der Waals surface area contributed by atoms with Crippen molar-refractivity contribution in [2.24, 2.45) is 0 Å². The summed E-state index contributed by atoms with van der Waals surface area (Å²) in [6.07, 6.45) is 4.42. The molecule has 0 atom stereocenters. The van der Waals surface area contributed by atoms with Gasteiger partial charge in [-0.15, -0.1) is 0 Å². The third-order valence-electron chi connectivity index (χ3n) is 7.87. The zero-order valence-electron chi connectivity index (χ0n) is 33.3. The predicted molar refractivity (Wildman–Crippen MR) is 215 cm³/mol. The van der Waals surface area contributed by atoms with E-state index in [-0.39, 0.29) is 51.3 Å². The fourth-order valence-electron chi connectivity index (χ4n) is 5.06. The van der Waals surface area contributed by atoms with Gasteiger partial charge >= 0.3 is 24.2 Å². The zero-order chi connectivity index (χ0) is 43.5. The van der Waals surface area contributed by atoms with Crippen molar-refractivity contribution in [2.45, 2.75) is 65.2 Å². The molecule has 2 rings (SSSR count). The fraction of sp³-hybridized carbons (Fsp3) is 0.618. The maximum atomic E-state index is 12.4. The molecule has 24 nitrogen and oxygen atoms in total.